The van der Waals surface area contributed by atoms with Gasteiger partial charge >= 0.3 is 0 Å². The van der Waals surface area contributed by atoms with Crippen molar-refractivity contribution < 1.29 is 4.79 Å². The second kappa shape index (κ2) is 11.6. The fraction of sp³-hybridized carbons (Fsp3) is 0.222. The fourth-order valence-electron chi connectivity index (χ4n) is 3.54. The second-order valence-electron chi connectivity index (χ2n) is 8.06. The molecule has 1 aliphatic rings. The van der Waals surface area contributed by atoms with Gasteiger partial charge in [-0.05, 0) is 86.4 Å². The number of hydrogen-bond acceptors (Lipinski definition) is 6. The standard InChI is InChI=1S/C27H30N6O/c1-5-26(33-23-10-8-22(9-11-23)25-16-29-25)30-15-24(31-17-34)20(4)32-27-18(2)13-21(7-6-12-28)14-19(27)3/h5-11,13-15,17,25,29,32-33H,16H2,1-4H3,(H,31,34)/b7-6+,24-20-,26-5?,30-15-. The normalized spacial score (nSPS) is 16.2. The van der Waals surface area contributed by atoms with Crippen LogP contribution >= 0.6 is 0 Å². The van der Waals surface area contributed by atoms with E-state index >= 15 is 0 Å². The maximum absolute atomic E-state index is 11.2. The molecule has 1 unspecified atom stereocenters. The van der Waals surface area contributed by atoms with Crippen LogP contribution in [-0.4, -0.2) is 19.2 Å². The van der Waals surface area contributed by atoms with Gasteiger partial charge in [-0.25, -0.2) is 4.99 Å². The van der Waals surface area contributed by atoms with Gasteiger partial charge in [-0.15, -0.1) is 0 Å². The van der Waals surface area contributed by atoms with Crippen molar-refractivity contribution in [3.63, 3.8) is 0 Å². The molecule has 174 valence electrons. The van der Waals surface area contributed by atoms with Crippen LogP contribution in [0.3, 0.4) is 0 Å². The Hall–Kier alpha value is -4.15. The highest BCUT2D eigenvalue weighted by atomic mass is 16.1. The molecule has 2 aromatic carbocycles. The van der Waals surface area contributed by atoms with E-state index < -0.39 is 0 Å². The molecular weight excluding hydrogens is 424 g/mol. The lowest BCUT2D eigenvalue weighted by molar-refractivity contribution is -0.108. The molecule has 0 aliphatic carbocycles. The summed E-state index contributed by atoms with van der Waals surface area (Å²) in [6.07, 6.45) is 7.36. The molecule has 3 rings (SSSR count). The molecule has 34 heavy (non-hydrogen) atoms. The van der Waals surface area contributed by atoms with E-state index in [1.54, 1.807) is 12.3 Å². The van der Waals surface area contributed by atoms with Crippen molar-refractivity contribution in [2.45, 2.75) is 33.7 Å². The van der Waals surface area contributed by atoms with Crippen LogP contribution in [-0.2, 0) is 4.79 Å². The van der Waals surface area contributed by atoms with Gasteiger partial charge in [0, 0.05) is 35.7 Å². The molecule has 0 radical (unpaired) electrons. The van der Waals surface area contributed by atoms with Gasteiger partial charge in [0.2, 0.25) is 6.41 Å². The van der Waals surface area contributed by atoms with Gasteiger partial charge in [0.1, 0.15) is 5.82 Å². The lowest BCUT2D eigenvalue weighted by atomic mass is 10.0. The van der Waals surface area contributed by atoms with Crippen molar-refractivity contribution in [1.29, 1.82) is 5.26 Å². The first-order chi connectivity index (χ1) is 16.4. The van der Waals surface area contributed by atoms with Crippen LogP contribution in [0.2, 0.25) is 0 Å². The number of aliphatic imine (C=N–C) groups is 1. The Bertz CT molecular complexity index is 1170. The first-order valence-electron chi connectivity index (χ1n) is 11.1. The zero-order chi connectivity index (χ0) is 24.5. The van der Waals surface area contributed by atoms with Crippen LogP contribution in [0.1, 0.15) is 42.1 Å². The average molecular weight is 455 g/mol. The molecule has 1 fully saturated rings. The minimum Gasteiger partial charge on any atom is -0.357 e. The molecular formula is C27H30N6O. The third-order valence-corrected chi connectivity index (χ3v) is 5.44. The Kier molecular flexibility index (Phi) is 8.38. The van der Waals surface area contributed by atoms with Gasteiger partial charge in [0.05, 0.1) is 18.0 Å². The lowest BCUT2D eigenvalue weighted by Gasteiger charge is -2.16. The van der Waals surface area contributed by atoms with Crippen LogP contribution in [0, 0.1) is 25.2 Å². The van der Waals surface area contributed by atoms with E-state index in [0.717, 1.165) is 40.3 Å². The van der Waals surface area contributed by atoms with Crippen LogP contribution in [0.5, 0.6) is 0 Å². The summed E-state index contributed by atoms with van der Waals surface area (Å²) in [5.41, 5.74) is 7.48. The van der Waals surface area contributed by atoms with E-state index in [4.69, 9.17) is 5.26 Å². The summed E-state index contributed by atoms with van der Waals surface area (Å²) in [6.45, 7) is 8.82. The predicted molar refractivity (Wildman–Crippen MR) is 139 cm³/mol. The highest BCUT2D eigenvalue weighted by molar-refractivity contribution is 5.84. The molecule has 0 spiro atoms. The SMILES string of the molecule is CC=C(/N=C\C(NC=O)=C(/C)Nc1c(C)cc(/C=C/C#N)cc1C)Nc1ccc(C2CN2)cc1. The number of nitriles is 1. The number of anilines is 2. The average Bonchev–Trinajstić information content (AvgIpc) is 3.67. The second-order valence-corrected chi connectivity index (χ2v) is 8.06. The molecule has 0 aromatic heterocycles. The molecule has 1 heterocycles. The first-order valence-corrected chi connectivity index (χ1v) is 11.1. The third kappa shape index (κ3) is 6.67. The monoisotopic (exact) mass is 454 g/mol. The molecule has 0 bridgehead atoms. The van der Waals surface area contributed by atoms with Crippen molar-refractivity contribution in [3.05, 3.63) is 88.0 Å². The van der Waals surface area contributed by atoms with Crippen LogP contribution in [0.25, 0.3) is 6.08 Å². The number of hydrogen-bond donors (Lipinski definition) is 4. The summed E-state index contributed by atoms with van der Waals surface area (Å²) in [5, 5.41) is 21.5. The van der Waals surface area contributed by atoms with Crippen molar-refractivity contribution in [3.8, 4) is 6.07 Å². The molecule has 7 heteroatoms. The smallest absolute Gasteiger partial charge is 0.211 e. The minimum absolute atomic E-state index is 0.475. The summed E-state index contributed by atoms with van der Waals surface area (Å²) in [6, 6.07) is 14.8. The number of carbonyl (C=O) groups excluding carboxylic acids is 1. The van der Waals surface area contributed by atoms with E-state index in [9.17, 15) is 4.79 Å². The highest BCUT2D eigenvalue weighted by Crippen LogP contribution is 2.25. The number of amides is 1. The Morgan fingerprint density at radius 3 is 2.41 bits per heavy atom. The summed E-state index contributed by atoms with van der Waals surface area (Å²) in [7, 11) is 0. The van der Waals surface area contributed by atoms with Gasteiger partial charge in [-0.3, -0.25) is 4.79 Å². The van der Waals surface area contributed by atoms with Crippen molar-refractivity contribution in [1.82, 2.24) is 10.6 Å². The Labute approximate surface area is 201 Å². The number of aryl methyl sites for hydroxylation is 2. The summed E-state index contributed by atoms with van der Waals surface area (Å²) < 4.78 is 0. The minimum atomic E-state index is 0.475. The molecule has 1 aliphatic heterocycles. The topological polar surface area (TPSA) is 111 Å². The predicted octanol–water partition coefficient (Wildman–Crippen LogP) is 4.92. The highest BCUT2D eigenvalue weighted by Gasteiger charge is 2.21. The number of nitrogens with zero attached hydrogens (tertiary/aromatic N) is 2. The summed E-state index contributed by atoms with van der Waals surface area (Å²) >= 11 is 0. The molecule has 7 nitrogen and oxygen atoms in total. The number of allylic oxidation sites excluding steroid dienone is 4. The Morgan fingerprint density at radius 1 is 1.18 bits per heavy atom. The van der Waals surface area contributed by atoms with Gasteiger partial charge in [-0.2, -0.15) is 5.26 Å². The third-order valence-electron chi connectivity index (χ3n) is 5.44. The summed E-state index contributed by atoms with van der Waals surface area (Å²) in [5.74, 6) is 0.663. The van der Waals surface area contributed by atoms with Crippen molar-refractivity contribution in [2.24, 2.45) is 4.99 Å². The van der Waals surface area contributed by atoms with Crippen molar-refractivity contribution >= 4 is 30.1 Å². The zero-order valence-corrected chi connectivity index (χ0v) is 19.9. The fourth-order valence-corrected chi connectivity index (χ4v) is 3.54. The molecule has 4 N–H and O–H groups in total. The van der Waals surface area contributed by atoms with Crippen molar-refractivity contribution in [2.75, 3.05) is 17.2 Å². The van der Waals surface area contributed by atoms with Crippen LogP contribution in [0.15, 0.2) is 70.8 Å². The van der Waals surface area contributed by atoms with E-state index in [0.29, 0.717) is 24.0 Å². The maximum atomic E-state index is 11.2. The number of benzene rings is 2. The Morgan fingerprint density at radius 2 is 1.85 bits per heavy atom. The molecule has 2 aromatic rings. The molecule has 1 saturated heterocycles. The van der Waals surface area contributed by atoms with Crippen LogP contribution in [0.4, 0.5) is 11.4 Å². The quantitative estimate of drug-likeness (QED) is 0.176. The van der Waals surface area contributed by atoms with Gasteiger partial charge < -0.3 is 21.3 Å². The lowest BCUT2D eigenvalue weighted by Crippen LogP contribution is -2.17. The van der Waals surface area contributed by atoms with Crippen LogP contribution < -0.4 is 21.3 Å². The number of rotatable bonds is 10. The van der Waals surface area contributed by atoms with E-state index in [1.807, 2.05) is 64.1 Å². The Balaban J connectivity index is 1.76. The maximum Gasteiger partial charge on any atom is 0.211 e. The van der Waals surface area contributed by atoms with Gasteiger partial charge in [-0.1, -0.05) is 12.1 Å². The van der Waals surface area contributed by atoms with E-state index in [-0.39, 0.29) is 0 Å². The molecule has 0 saturated carbocycles. The van der Waals surface area contributed by atoms with E-state index in [2.05, 4.69) is 38.4 Å². The summed E-state index contributed by atoms with van der Waals surface area (Å²) in [4.78, 5) is 15.8. The zero-order valence-electron chi connectivity index (χ0n) is 19.9. The molecule has 1 amide bonds. The van der Waals surface area contributed by atoms with Gasteiger partial charge in [0.25, 0.3) is 0 Å². The van der Waals surface area contributed by atoms with E-state index in [1.165, 1.54) is 11.6 Å². The van der Waals surface area contributed by atoms with Gasteiger partial charge in [0.15, 0.2) is 0 Å². The largest absolute Gasteiger partial charge is 0.357 e. The number of nitrogens with one attached hydrogen (secondary N) is 4. The number of carbonyl (C=O) groups is 1. The first kappa shape index (κ1) is 24.5. The molecule has 1 atom stereocenters.